The number of rotatable bonds is 0. The van der Waals surface area contributed by atoms with Gasteiger partial charge in [-0.25, -0.2) is 0 Å². The van der Waals surface area contributed by atoms with Crippen molar-refractivity contribution in [2.75, 3.05) is 23.8 Å². The standard InChI is InChI=1S/C14H18N2O2/c1-16-9-14(7-2-3-8-14)13(18)15-12-10(16)5-4-6-11(12)17/h4-6,17H,2-3,7-9H2,1H3,(H,15,18). The van der Waals surface area contributed by atoms with Crippen LogP contribution in [0.2, 0.25) is 0 Å². The number of benzene rings is 1. The Balaban J connectivity index is 2.06. The van der Waals surface area contributed by atoms with Gasteiger partial charge < -0.3 is 15.3 Å². The van der Waals surface area contributed by atoms with Crippen LogP contribution in [-0.2, 0) is 4.79 Å². The number of anilines is 2. The first kappa shape index (κ1) is 11.4. The number of nitrogens with zero attached hydrogens (tertiary/aromatic N) is 1. The van der Waals surface area contributed by atoms with Gasteiger partial charge in [0.1, 0.15) is 11.4 Å². The van der Waals surface area contributed by atoms with Crippen LogP contribution in [0.4, 0.5) is 11.4 Å². The fourth-order valence-electron chi connectivity index (χ4n) is 3.27. The maximum absolute atomic E-state index is 12.4. The second-order valence-corrected chi connectivity index (χ2v) is 5.47. The molecule has 0 bridgehead atoms. The molecule has 2 aliphatic rings. The van der Waals surface area contributed by atoms with Crippen molar-refractivity contribution in [3.05, 3.63) is 18.2 Å². The number of para-hydroxylation sites is 1. The first-order valence-electron chi connectivity index (χ1n) is 6.47. The van der Waals surface area contributed by atoms with Gasteiger partial charge in [0.05, 0.1) is 11.1 Å². The van der Waals surface area contributed by atoms with Crippen molar-refractivity contribution in [2.24, 2.45) is 5.41 Å². The van der Waals surface area contributed by atoms with Crippen LogP contribution in [0.1, 0.15) is 25.7 Å². The highest BCUT2D eigenvalue weighted by atomic mass is 16.3. The molecule has 1 heterocycles. The maximum atomic E-state index is 12.4. The largest absolute Gasteiger partial charge is 0.506 e. The molecule has 4 heteroatoms. The zero-order valence-corrected chi connectivity index (χ0v) is 10.6. The molecule has 0 aromatic heterocycles. The summed E-state index contributed by atoms with van der Waals surface area (Å²) in [5.41, 5.74) is 1.17. The van der Waals surface area contributed by atoms with Crippen molar-refractivity contribution < 1.29 is 9.90 Å². The summed E-state index contributed by atoms with van der Waals surface area (Å²) in [7, 11) is 1.98. The van der Waals surface area contributed by atoms with E-state index in [1.165, 1.54) is 0 Å². The van der Waals surface area contributed by atoms with E-state index in [1.807, 2.05) is 19.2 Å². The van der Waals surface area contributed by atoms with E-state index in [1.54, 1.807) is 6.07 Å². The minimum Gasteiger partial charge on any atom is -0.506 e. The predicted molar refractivity (Wildman–Crippen MR) is 70.9 cm³/mol. The van der Waals surface area contributed by atoms with Crippen molar-refractivity contribution in [1.29, 1.82) is 0 Å². The molecular formula is C14H18N2O2. The summed E-state index contributed by atoms with van der Waals surface area (Å²) in [6, 6.07) is 5.35. The molecule has 0 atom stereocenters. The van der Waals surface area contributed by atoms with E-state index in [9.17, 15) is 9.90 Å². The number of carbonyl (C=O) groups excluding carboxylic acids is 1. The van der Waals surface area contributed by atoms with E-state index in [0.717, 1.165) is 37.9 Å². The lowest BCUT2D eigenvalue weighted by atomic mass is 9.85. The number of hydrogen-bond acceptors (Lipinski definition) is 3. The third-order valence-electron chi connectivity index (χ3n) is 4.25. The lowest BCUT2D eigenvalue weighted by Gasteiger charge is -2.29. The van der Waals surface area contributed by atoms with Gasteiger partial charge in [-0.1, -0.05) is 18.9 Å². The van der Waals surface area contributed by atoms with Gasteiger partial charge in [0.2, 0.25) is 5.91 Å². The summed E-state index contributed by atoms with van der Waals surface area (Å²) in [6.07, 6.45) is 4.11. The Kier molecular flexibility index (Phi) is 2.47. The highest BCUT2D eigenvalue weighted by Crippen LogP contribution is 2.45. The number of nitrogens with one attached hydrogen (secondary N) is 1. The molecule has 4 nitrogen and oxygen atoms in total. The van der Waals surface area contributed by atoms with Crippen LogP contribution in [0, 0.1) is 5.41 Å². The molecule has 96 valence electrons. The molecule has 1 aliphatic carbocycles. The van der Waals surface area contributed by atoms with Crippen LogP contribution in [-0.4, -0.2) is 24.6 Å². The summed E-state index contributed by atoms with van der Waals surface area (Å²) >= 11 is 0. The van der Waals surface area contributed by atoms with Gasteiger partial charge in [-0.2, -0.15) is 0 Å². The van der Waals surface area contributed by atoms with Gasteiger partial charge in [-0.05, 0) is 25.0 Å². The quantitative estimate of drug-likeness (QED) is 0.691. The van der Waals surface area contributed by atoms with E-state index in [4.69, 9.17) is 0 Å². The van der Waals surface area contributed by atoms with Crippen LogP contribution in [0.3, 0.4) is 0 Å². The summed E-state index contributed by atoms with van der Waals surface area (Å²) in [5.74, 6) is 0.204. The third kappa shape index (κ3) is 1.55. The molecule has 1 fully saturated rings. The summed E-state index contributed by atoms with van der Waals surface area (Å²) in [5, 5.41) is 12.8. The van der Waals surface area contributed by atoms with Crippen LogP contribution in [0.5, 0.6) is 5.75 Å². The molecule has 1 spiro atoms. The molecule has 0 unspecified atom stereocenters. The number of fused-ring (bicyclic) bond motifs is 1. The lowest BCUT2D eigenvalue weighted by molar-refractivity contribution is -0.124. The fourth-order valence-corrected chi connectivity index (χ4v) is 3.27. The number of phenols is 1. The monoisotopic (exact) mass is 246 g/mol. The number of amides is 1. The second kappa shape index (κ2) is 3.90. The normalized spacial score (nSPS) is 21.6. The minimum atomic E-state index is -0.278. The Hall–Kier alpha value is -1.71. The van der Waals surface area contributed by atoms with E-state index in [-0.39, 0.29) is 17.1 Å². The van der Waals surface area contributed by atoms with Crippen molar-refractivity contribution in [3.63, 3.8) is 0 Å². The highest BCUT2D eigenvalue weighted by Gasteiger charge is 2.44. The van der Waals surface area contributed by atoms with Crippen LogP contribution in [0.15, 0.2) is 18.2 Å². The Bertz CT molecular complexity index is 493. The van der Waals surface area contributed by atoms with Gasteiger partial charge in [0, 0.05) is 13.6 Å². The highest BCUT2D eigenvalue weighted by molar-refractivity contribution is 6.01. The molecule has 0 radical (unpaired) electrons. The van der Waals surface area contributed by atoms with Gasteiger partial charge in [-0.3, -0.25) is 4.79 Å². The zero-order chi connectivity index (χ0) is 12.8. The average molecular weight is 246 g/mol. The molecular weight excluding hydrogens is 228 g/mol. The molecule has 1 aromatic carbocycles. The molecule has 0 saturated heterocycles. The molecule has 2 N–H and O–H groups in total. The fraction of sp³-hybridized carbons (Fsp3) is 0.500. The Morgan fingerprint density at radius 2 is 2.06 bits per heavy atom. The van der Waals surface area contributed by atoms with Crippen molar-refractivity contribution in [1.82, 2.24) is 0 Å². The average Bonchev–Trinajstić information content (AvgIpc) is 2.77. The SMILES string of the molecule is CN1CC2(CCCC2)C(=O)Nc2c(O)cccc21. The second-order valence-electron chi connectivity index (χ2n) is 5.47. The Morgan fingerprint density at radius 1 is 1.33 bits per heavy atom. The van der Waals surface area contributed by atoms with Crippen molar-refractivity contribution in [2.45, 2.75) is 25.7 Å². The molecule has 18 heavy (non-hydrogen) atoms. The number of hydrogen-bond donors (Lipinski definition) is 2. The van der Waals surface area contributed by atoms with Gasteiger partial charge in [-0.15, -0.1) is 0 Å². The summed E-state index contributed by atoms with van der Waals surface area (Å²) in [6.45, 7) is 0.731. The van der Waals surface area contributed by atoms with E-state index < -0.39 is 0 Å². The lowest BCUT2D eigenvalue weighted by Crippen LogP contribution is -2.40. The molecule has 1 amide bonds. The van der Waals surface area contributed by atoms with Crippen LogP contribution >= 0.6 is 0 Å². The van der Waals surface area contributed by atoms with Crippen molar-refractivity contribution >= 4 is 17.3 Å². The number of phenolic OH excluding ortho intramolecular Hbond substituents is 1. The zero-order valence-electron chi connectivity index (χ0n) is 10.6. The first-order chi connectivity index (χ1) is 8.62. The Morgan fingerprint density at radius 3 is 2.78 bits per heavy atom. The van der Waals surface area contributed by atoms with E-state index in [0.29, 0.717) is 5.69 Å². The number of aromatic hydroxyl groups is 1. The molecule has 3 rings (SSSR count). The van der Waals surface area contributed by atoms with Crippen LogP contribution < -0.4 is 10.2 Å². The van der Waals surface area contributed by atoms with Crippen molar-refractivity contribution in [3.8, 4) is 5.75 Å². The number of carbonyl (C=O) groups is 1. The van der Waals surface area contributed by atoms with E-state index >= 15 is 0 Å². The Labute approximate surface area is 107 Å². The topological polar surface area (TPSA) is 52.6 Å². The third-order valence-corrected chi connectivity index (χ3v) is 4.25. The summed E-state index contributed by atoms with van der Waals surface area (Å²) < 4.78 is 0. The van der Waals surface area contributed by atoms with Crippen LogP contribution in [0.25, 0.3) is 0 Å². The maximum Gasteiger partial charge on any atom is 0.232 e. The molecule has 1 aliphatic heterocycles. The van der Waals surface area contributed by atoms with Gasteiger partial charge in [0.25, 0.3) is 0 Å². The molecule has 1 aromatic rings. The first-order valence-corrected chi connectivity index (χ1v) is 6.47. The van der Waals surface area contributed by atoms with Gasteiger partial charge in [0.15, 0.2) is 0 Å². The van der Waals surface area contributed by atoms with Gasteiger partial charge >= 0.3 is 0 Å². The summed E-state index contributed by atoms with van der Waals surface area (Å²) in [4.78, 5) is 14.5. The predicted octanol–water partition coefficient (Wildman–Crippen LogP) is 2.34. The minimum absolute atomic E-state index is 0.0621. The van der Waals surface area contributed by atoms with E-state index in [2.05, 4.69) is 10.2 Å². The molecule has 1 saturated carbocycles. The smallest absolute Gasteiger partial charge is 0.232 e.